The van der Waals surface area contributed by atoms with Crippen molar-refractivity contribution in [3.05, 3.63) is 93.5 Å². The van der Waals surface area contributed by atoms with Crippen LogP contribution >= 0.6 is 0 Å². The molecule has 2 saturated heterocycles. The fraction of sp³-hybridized carbons (Fsp3) is 0.197. The molecule has 40 heteroatoms. The molecule has 0 bridgehead atoms. The Kier molecular flexibility index (Phi) is 17.3. The van der Waals surface area contributed by atoms with Crippen molar-refractivity contribution in [1.29, 1.82) is 0 Å². The van der Waals surface area contributed by atoms with E-state index >= 15 is 0 Å². The Hall–Kier alpha value is -13.6. The van der Waals surface area contributed by atoms with Gasteiger partial charge < -0.3 is 165 Å². The van der Waals surface area contributed by atoms with Crippen LogP contribution in [0.3, 0.4) is 0 Å². The number of carbonyl (C=O) groups excluding carboxylic acids is 7. The third kappa shape index (κ3) is 11.8. The first-order valence-electron chi connectivity index (χ1n) is 28.1. The lowest BCUT2D eigenvalue weighted by Crippen LogP contribution is -2.62. The minimum absolute atomic E-state index is 0.228. The number of aliphatic hydroxyl groups excluding tert-OH is 3. The lowest BCUT2D eigenvalue weighted by atomic mass is 9.91. The number of cyclic esters (lactones) is 1. The van der Waals surface area contributed by atoms with E-state index in [2.05, 4.69) is 0 Å². The quantitative estimate of drug-likeness (QED) is 0.0539. The number of ether oxygens (including phenoxy) is 10. The SMILES string of the molecule is O=C(OC[C@H]1O[C@@H](OC(=O)c2cc(O)c(O)c(O)c2)[C@H](O)[C@@H](O)[C@@H]1OC(=O)c1cc(O)c(O)c(O)c1Oc1cc2c(c(O)c1O)-c1c(cc(O)c(O)c1O)C(=O)O[C@H]1[C@@H]3OC(=O)c4cc(O)c(O)c(O)c4-c4c(cc(O)c(O)c4O)C(=O)OC[C@H]3OC(O)[C@@H]1OC2=O)c1cc(O)c(O)c(O)c1. The summed E-state index contributed by atoms with van der Waals surface area (Å²) in [5.74, 6) is -43.3. The van der Waals surface area contributed by atoms with Crippen molar-refractivity contribution in [3.8, 4) is 149 Å². The van der Waals surface area contributed by atoms with Crippen LogP contribution in [0.15, 0.2) is 54.6 Å². The first kappa shape index (κ1) is 68.8. The number of aliphatic hydroxyl groups is 3. The summed E-state index contributed by atoms with van der Waals surface area (Å²) in [5, 5.41) is 249. The standard InChI is InChI=1S/C61H46O40/c62-19-1-12(2-20(63)34(19)70)53(84)92-10-28-49(46(82)47(83)61(96-28)101-54(85)13-3-21(64)35(71)22(65)4-13)97-59(90)18-8-26(69)39(75)45(81)48(18)94-27-9-17-33(44(80)40(27)76)32-16(7-25(68)38(74)43(32)79)57(88)99-51-50-29(95-60(91)52(51)100-58(17)89)11-93-55(86)14-5-23(66)36(72)41(77)30(14)31-15(56(87)98-50)6-24(67)37(73)42(31)78/h1-9,28-29,46-47,49-52,60-83,91H,10-11H2/t28-,29-,46-,47-,49-,50-,51+,52-,60?,61+/m1/s1. The van der Waals surface area contributed by atoms with Crippen LogP contribution in [0.5, 0.6) is 126 Å². The summed E-state index contributed by atoms with van der Waals surface area (Å²) >= 11 is 0. The van der Waals surface area contributed by atoms with Gasteiger partial charge in [0.05, 0.1) is 33.4 Å². The van der Waals surface area contributed by atoms with E-state index in [9.17, 15) is 151 Å². The van der Waals surface area contributed by atoms with Gasteiger partial charge in [-0.2, -0.15) is 0 Å². The Labute approximate surface area is 555 Å². The fourth-order valence-corrected chi connectivity index (χ4v) is 10.9. The van der Waals surface area contributed by atoms with Gasteiger partial charge in [0.25, 0.3) is 0 Å². The van der Waals surface area contributed by atoms with Crippen molar-refractivity contribution in [2.75, 3.05) is 13.2 Å². The molecule has 10 atom stereocenters. The van der Waals surface area contributed by atoms with Gasteiger partial charge in [0.2, 0.25) is 40.8 Å². The second kappa shape index (κ2) is 25.5. The van der Waals surface area contributed by atoms with Crippen LogP contribution in [0.25, 0.3) is 22.3 Å². The van der Waals surface area contributed by atoms with Gasteiger partial charge in [-0.3, -0.25) is 0 Å². The molecule has 0 amide bonds. The van der Waals surface area contributed by atoms with Crippen LogP contribution in [-0.4, -0.2) is 234 Å². The van der Waals surface area contributed by atoms with Crippen molar-refractivity contribution in [2.24, 2.45) is 0 Å². The largest absolute Gasteiger partial charge is 0.504 e. The predicted molar refractivity (Wildman–Crippen MR) is 311 cm³/mol. The van der Waals surface area contributed by atoms with Gasteiger partial charge in [-0.25, -0.2) is 33.6 Å². The molecule has 0 radical (unpaired) electrons. The van der Waals surface area contributed by atoms with Crippen LogP contribution in [0.1, 0.15) is 72.5 Å². The highest BCUT2D eigenvalue weighted by molar-refractivity contribution is 6.10. The molecule has 7 aromatic rings. The first-order valence-corrected chi connectivity index (χ1v) is 28.1. The molecule has 11 rings (SSSR count). The van der Waals surface area contributed by atoms with Crippen LogP contribution in [0.4, 0.5) is 0 Å². The summed E-state index contributed by atoms with van der Waals surface area (Å²) in [4.78, 5) is 99.2. The number of hydrogen-bond acceptors (Lipinski definition) is 40. The Bertz CT molecular complexity index is 4680. The highest BCUT2D eigenvalue weighted by atomic mass is 16.7. The molecule has 1 unspecified atom stereocenters. The fourth-order valence-electron chi connectivity index (χ4n) is 10.9. The Morgan fingerprint density at radius 3 is 1.30 bits per heavy atom. The van der Waals surface area contributed by atoms with Gasteiger partial charge in [-0.15, -0.1) is 0 Å². The smallest absolute Gasteiger partial charge is 0.342 e. The number of phenolic OH excluding ortho intramolecular Hbond substituents is 20. The molecule has 0 spiro atoms. The maximum Gasteiger partial charge on any atom is 0.342 e. The summed E-state index contributed by atoms with van der Waals surface area (Å²) in [7, 11) is 0. The van der Waals surface area contributed by atoms with Gasteiger partial charge >= 0.3 is 41.8 Å². The molecule has 2 fully saturated rings. The summed E-state index contributed by atoms with van der Waals surface area (Å²) in [6.45, 7) is -2.58. The van der Waals surface area contributed by atoms with Gasteiger partial charge in [-0.1, -0.05) is 0 Å². The lowest BCUT2D eigenvalue weighted by molar-refractivity contribution is -0.284. The maximum atomic E-state index is 15.0. The van der Waals surface area contributed by atoms with Gasteiger partial charge in [-0.05, 0) is 42.5 Å². The third-order valence-corrected chi connectivity index (χ3v) is 15.8. The summed E-state index contributed by atoms with van der Waals surface area (Å²) in [6, 6.07) is 3.86. The Balaban J connectivity index is 0.975. The maximum absolute atomic E-state index is 15.0. The van der Waals surface area contributed by atoms with Crippen LogP contribution < -0.4 is 4.74 Å². The minimum atomic E-state index is -2.72. The molecule has 0 aromatic heterocycles. The molecule has 23 N–H and O–H groups in total. The molecule has 0 aliphatic carbocycles. The molecule has 101 heavy (non-hydrogen) atoms. The number of carbonyl (C=O) groups is 7. The van der Waals surface area contributed by atoms with E-state index in [0.29, 0.717) is 42.5 Å². The highest BCUT2D eigenvalue weighted by Gasteiger charge is 2.55. The van der Waals surface area contributed by atoms with Crippen molar-refractivity contribution >= 4 is 41.8 Å². The Morgan fingerprint density at radius 2 is 0.802 bits per heavy atom. The number of hydrogen-bond donors (Lipinski definition) is 23. The Morgan fingerprint density at radius 1 is 0.396 bits per heavy atom. The molecule has 4 aliphatic rings. The summed E-state index contributed by atoms with van der Waals surface area (Å²) in [5.41, 5.74) is -12.5. The minimum Gasteiger partial charge on any atom is -0.504 e. The monoisotopic (exact) mass is 1420 g/mol. The number of esters is 7. The van der Waals surface area contributed by atoms with E-state index in [0.717, 1.165) is 0 Å². The van der Waals surface area contributed by atoms with E-state index in [1.54, 1.807) is 0 Å². The van der Waals surface area contributed by atoms with E-state index in [4.69, 9.17) is 47.4 Å². The second-order valence-corrected chi connectivity index (χ2v) is 22.0. The number of phenols is 20. The molecule has 40 nitrogen and oxygen atoms in total. The van der Waals surface area contributed by atoms with E-state index in [1.807, 2.05) is 0 Å². The molecule has 7 aromatic carbocycles. The lowest BCUT2D eigenvalue weighted by Gasteiger charge is -2.43. The van der Waals surface area contributed by atoms with Crippen molar-refractivity contribution in [1.82, 2.24) is 0 Å². The van der Waals surface area contributed by atoms with Gasteiger partial charge in [0.15, 0.2) is 123 Å². The second-order valence-electron chi connectivity index (χ2n) is 22.0. The molecule has 530 valence electrons. The number of rotatable bonds is 9. The van der Waals surface area contributed by atoms with E-state index in [-0.39, 0.29) is 12.1 Å². The number of benzene rings is 7. The zero-order valence-electron chi connectivity index (χ0n) is 49.6. The molecule has 4 heterocycles. The summed E-state index contributed by atoms with van der Waals surface area (Å²) < 4.78 is 54.7. The molecular formula is C61H46O40. The topological polar surface area (TPSA) is 677 Å². The van der Waals surface area contributed by atoms with Crippen LogP contribution in [0.2, 0.25) is 0 Å². The third-order valence-electron chi connectivity index (χ3n) is 15.8. The molecule has 0 saturated carbocycles. The highest BCUT2D eigenvalue weighted by Crippen LogP contribution is 2.57. The van der Waals surface area contributed by atoms with Gasteiger partial charge in [0, 0.05) is 34.4 Å². The zero-order valence-corrected chi connectivity index (χ0v) is 49.6. The normalized spacial score (nSPS) is 21.7. The van der Waals surface area contributed by atoms with E-state index < -0.39 is 304 Å². The number of fused-ring (bicyclic) bond motifs is 9. The first-order chi connectivity index (χ1) is 47.5. The van der Waals surface area contributed by atoms with Gasteiger partial charge in [0.1, 0.15) is 43.2 Å². The van der Waals surface area contributed by atoms with E-state index in [1.165, 1.54) is 0 Å². The zero-order chi connectivity index (χ0) is 73.7. The van der Waals surface area contributed by atoms with Crippen LogP contribution in [-0.2, 0) is 42.6 Å². The molecular weight excluding hydrogens is 1370 g/mol. The predicted octanol–water partition coefficient (Wildman–Crippen LogP) is 0.789. The average molecular weight is 1420 g/mol. The van der Waals surface area contributed by atoms with Crippen LogP contribution in [0, 0.1) is 0 Å². The average Bonchev–Trinajstić information content (AvgIpc) is 1.24. The summed E-state index contributed by atoms with van der Waals surface area (Å²) in [6.07, 6.45) is -25.0. The van der Waals surface area contributed by atoms with Crippen molar-refractivity contribution in [3.63, 3.8) is 0 Å². The van der Waals surface area contributed by atoms with Crippen molar-refractivity contribution in [2.45, 2.75) is 61.4 Å². The van der Waals surface area contributed by atoms with Crippen molar-refractivity contribution < 1.29 is 198 Å². The molecule has 4 aliphatic heterocycles. The number of aromatic hydroxyl groups is 20.